The molecule has 0 fully saturated rings. The Morgan fingerprint density at radius 2 is 0.927 bits per heavy atom. The Labute approximate surface area is 241 Å². The second-order valence-corrected chi connectivity index (χ2v) is 11.7. The average molecular weight is 537 g/mol. The first kappa shape index (κ1) is 24.5. The summed E-state index contributed by atoms with van der Waals surface area (Å²) in [6.07, 6.45) is 1.83. The molecule has 202 valence electrons. The lowest BCUT2D eigenvalue weighted by Gasteiger charge is -2.17. The molecular weight excluding hydrogens is 504 g/mol. The summed E-state index contributed by atoms with van der Waals surface area (Å²) in [7, 11) is 3.56. The predicted octanol–water partition coefficient (Wildman–Crippen LogP) is 8.83. The zero-order chi connectivity index (χ0) is 27.8. The van der Waals surface area contributed by atoms with E-state index >= 15 is 0 Å². The highest BCUT2D eigenvalue weighted by molar-refractivity contribution is 5.99. The van der Waals surface area contributed by atoms with E-state index in [1.54, 1.807) is 14.2 Å². The second-order valence-electron chi connectivity index (χ2n) is 11.7. The summed E-state index contributed by atoms with van der Waals surface area (Å²) < 4.78 is 18.1. The molecule has 41 heavy (non-hydrogen) atoms. The smallest absolute Gasteiger partial charge is 0.127 e. The van der Waals surface area contributed by atoms with Crippen molar-refractivity contribution in [2.75, 3.05) is 14.2 Å². The van der Waals surface area contributed by atoms with Crippen molar-refractivity contribution in [3.05, 3.63) is 117 Å². The highest BCUT2D eigenvalue weighted by Crippen LogP contribution is 2.56. The summed E-state index contributed by atoms with van der Waals surface area (Å²) in [5.74, 6) is 1.83. The Morgan fingerprint density at radius 3 is 1.32 bits per heavy atom. The fraction of sp³-hybridized carbons (Fsp3) is 0.211. The predicted molar refractivity (Wildman–Crippen MR) is 165 cm³/mol. The standard InChI is InChI=1S/C38H32O3/c1-21-5-9-23(10-6-21)27-13-25-15-31-33-19-41-20-34(33)32-16-26-14-28(24-11-7-22(2)8-12-24)36(40-4)18-30(26)38(32)37(31)29(25)17-35(27)39-3/h5-14,17-18H,15-16,19-20H2,1-4H3. The van der Waals surface area contributed by atoms with Gasteiger partial charge in [0.05, 0.1) is 27.4 Å². The van der Waals surface area contributed by atoms with Gasteiger partial charge in [0.1, 0.15) is 11.5 Å². The third-order valence-electron chi connectivity index (χ3n) is 9.29. The summed E-state index contributed by atoms with van der Waals surface area (Å²) in [6.45, 7) is 5.63. The van der Waals surface area contributed by atoms with Gasteiger partial charge < -0.3 is 14.2 Å². The topological polar surface area (TPSA) is 27.7 Å². The molecule has 0 spiro atoms. The van der Waals surface area contributed by atoms with Crippen LogP contribution >= 0.6 is 0 Å². The Bertz CT molecular complexity index is 1740. The second kappa shape index (κ2) is 9.09. The van der Waals surface area contributed by atoms with Crippen LogP contribution in [0.2, 0.25) is 0 Å². The zero-order valence-electron chi connectivity index (χ0n) is 24.0. The summed E-state index contributed by atoms with van der Waals surface area (Å²) in [5.41, 5.74) is 20.8. The van der Waals surface area contributed by atoms with Gasteiger partial charge in [-0.2, -0.15) is 0 Å². The van der Waals surface area contributed by atoms with Gasteiger partial charge >= 0.3 is 0 Å². The van der Waals surface area contributed by atoms with Gasteiger partial charge in [0.15, 0.2) is 0 Å². The molecule has 0 amide bonds. The van der Waals surface area contributed by atoms with Crippen molar-refractivity contribution in [1.82, 2.24) is 0 Å². The lowest BCUT2D eigenvalue weighted by molar-refractivity contribution is 0.134. The van der Waals surface area contributed by atoms with Crippen molar-refractivity contribution in [1.29, 1.82) is 0 Å². The van der Waals surface area contributed by atoms with Crippen LogP contribution in [-0.4, -0.2) is 14.2 Å². The van der Waals surface area contributed by atoms with E-state index in [0.717, 1.165) is 35.5 Å². The van der Waals surface area contributed by atoms with Crippen LogP contribution in [0.25, 0.3) is 44.5 Å². The van der Waals surface area contributed by atoms with E-state index in [4.69, 9.17) is 14.2 Å². The lowest BCUT2D eigenvalue weighted by Crippen LogP contribution is -1.98. The molecule has 1 aliphatic heterocycles. The fourth-order valence-electron chi connectivity index (χ4n) is 7.20. The van der Waals surface area contributed by atoms with Gasteiger partial charge in [-0.05, 0) is 118 Å². The van der Waals surface area contributed by atoms with E-state index in [-0.39, 0.29) is 0 Å². The van der Waals surface area contributed by atoms with Crippen LogP contribution in [0.4, 0.5) is 0 Å². The van der Waals surface area contributed by atoms with E-state index in [9.17, 15) is 0 Å². The van der Waals surface area contributed by atoms with Crippen LogP contribution in [0.3, 0.4) is 0 Å². The maximum absolute atomic E-state index is 6.11. The first-order chi connectivity index (χ1) is 20.0. The molecule has 1 heterocycles. The highest BCUT2D eigenvalue weighted by atomic mass is 16.5. The van der Waals surface area contributed by atoms with Gasteiger partial charge in [0.25, 0.3) is 0 Å². The molecule has 0 radical (unpaired) electrons. The first-order valence-electron chi connectivity index (χ1n) is 14.4. The van der Waals surface area contributed by atoms with Gasteiger partial charge in [-0.3, -0.25) is 0 Å². The van der Waals surface area contributed by atoms with Crippen molar-refractivity contribution in [3.63, 3.8) is 0 Å². The molecule has 0 atom stereocenters. The van der Waals surface area contributed by atoms with E-state index < -0.39 is 0 Å². The van der Waals surface area contributed by atoms with Gasteiger partial charge in [0, 0.05) is 11.1 Å². The van der Waals surface area contributed by atoms with Crippen molar-refractivity contribution >= 4 is 0 Å². The SMILES string of the molecule is COc1cc2c(cc1-c1ccc(C)cc1)Cc1c3c(c4c(c1-2)-c1cc(OC)c(-c2ccc(C)cc2)cc1C4)COC3. The highest BCUT2D eigenvalue weighted by Gasteiger charge is 2.37. The number of ether oxygens (including phenoxy) is 3. The number of rotatable bonds is 4. The third kappa shape index (κ3) is 3.62. The first-order valence-corrected chi connectivity index (χ1v) is 14.4. The molecule has 0 unspecified atom stereocenters. The number of benzene rings is 5. The molecular formula is C38H32O3. The average Bonchev–Trinajstić information content (AvgIpc) is 3.71. The van der Waals surface area contributed by atoms with Crippen molar-refractivity contribution in [2.45, 2.75) is 39.9 Å². The van der Waals surface area contributed by atoms with Crippen LogP contribution < -0.4 is 9.47 Å². The minimum Gasteiger partial charge on any atom is -0.496 e. The molecule has 8 rings (SSSR count). The summed E-state index contributed by atoms with van der Waals surface area (Å²) >= 11 is 0. The van der Waals surface area contributed by atoms with Crippen molar-refractivity contribution in [2.24, 2.45) is 0 Å². The summed E-state index contributed by atoms with van der Waals surface area (Å²) in [4.78, 5) is 0. The van der Waals surface area contributed by atoms with Crippen LogP contribution in [0.5, 0.6) is 11.5 Å². The Kier molecular flexibility index (Phi) is 5.42. The van der Waals surface area contributed by atoms with Gasteiger partial charge in [0.2, 0.25) is 0 Å². The molecule has 0 saturated carbocycles. The molecule has 0 aromatic heterocycles. The Balaban J connectivity index is 1.35. The molecule has 0 bridgehead atoms. The minimum absolute atomic E-state index is 0.690. The normalized spacial score (nSPS) is 13.9. The lowest BCUT2D eigenvalue weighted by atomic mass is 9.87. The van der Waals surface area contributed by atoms with E-state index in [2.05, 4.69) is 86.6 Å². The number of aryl methyl sites for hydroxylation is 2. The van der Waals surface area contributed by atoms with Crippen molar-refractivity contribution < 1.29 is 14.2 Å². The fourth-order valence-corrected chi connectivity index (χ4v) is 7.20. The maximum atomic E-state index is 6.11. The van der Waals surface area contributed by atoms with E-state index in [0.29, 0.717) is 13.2 Å². The zero-order valence-corrected chi connectivity index (χ0v) is 24.0. The van der Waals surface area contributed by atoms with E-state index in [1.807, 2.05) is 0 Å². The summed E-state index contributed by atoms with van der Waals surface area (Å²) in [5, 5.41) is 0. The largest absolute Gasteiger partial charge is 0.496 e. The Morgan fingerprint density at radius 1 is 0.512 bits per heavy atom. The molecule has 0 saturated heterocycles. The molecule has 5 aromatic rings. The molecule has 0 N–H and O–H groups in total. The number of fused-ring (bicyclic) bond motifs is 10. The number of hydrogen-bond donors (Lipinski definition) is 0. The molecule has 3 heteroatoms. The molecule has 3 aliphatic rings. The van der Waals surface area contributed by atoms with Crippen LogP contribution in [0.1, 0.15) is 44.5 Å². The molecule has 2 aliphatic carbocycles. The molecule has 3 nitrogen and oxygen atoms in total. The monoisotopic (exact) mass is 536 g/mol. The minimum atomic E-state index is 0.690. The number of hydrogen-bond acceptors (Lipinski definition) is 3. The van der Waals surface area contributed by atoms with E-state index in [1.165, 1.54) is 77.9 Å². The van der Waals surface area contributed by atoms with Crippen LogP contribution in [0.15, 0.2) is 72.8 Å². The summed E-state index contributed by atoms with van der Waals surface area (Å²) in [6, 6.07) is 26.7. The van der Waals surface area contributed by atoms with Gasteiger partial charge in [-0.15, -0.1) is 0 Å². The quantitative estimate of drug-likeness (QED) is 0.225. The third-order valence-corrected chi connectivity index (χ3v) is 9.29. The van der Waals surface area contributed by atoms with Crippen molar-refractivity contribution in [3.8, 4) is 56.0 Å². The van der Waals surface area contributed by atoms with Crippen LogP contribution in [0, 0.1) is 13.8 Å². The Hall–Kier alpha value is -4.34. The maximum Gasteiger partial charge on any atom is 0.127 e. The van der Waals surface area contributed by atoms with Gasteiger partial charge in [-0.25, -0.2) is 0 Å². The van der Waals surface area contributed by atoms with Gasteiger partial charge in [-0.1, -0.05) is 59.7 Å². The van der Waals surface area contributed by atoms with Crippen LogP contribution in [-0.2, 0) is 30.8 Å². The molecule has 5 aromatic carbocycles. The number of methoxy groups -OCH3 is 2.